The number of hydrogen-bond acceptors (Lipinski definition) is 4. The van der Waals surface area contributed by atoms with Gasteiger partial charge in [0.15, 0.2) is 0 Å². The Morgan fingerprint density at radius 3 is 1.31 bits per heavy atom. The molecule has 16 heavy (non-hydrogen) atoms. The number of hydrogen-bond donors (Lipinski definition) is 0. The second-order valence-electron chi connectivity index (χ2n) is 2.70. The van der Waals surface area contributed by atoms with Crippen LogP contribution >= 0.6 is 0 Å². The van der Waals surface area contributed by atoms with E-state index in [-0.39, 0.29) is 0 Å². The Labute approximate surface area is 82.7 Å². The fourth-order valence-electron chi connectivity index (χ4n) is 1.04. The normalized spacial score (nSPS) is 11.0. The quantitative estimate of drug-likeness (QED) is 0.647. The minimum atomic E-state index is -2.00. The molecule has 84 valence electrons. The van der Waals surface area contributed by atoms with Gasteiger partial charge in [0.25, 0.3) is 10.9 Å². The average molecular weight is 236 g/mol. The molecule has 0 unspecified atom stereocenters. The summed E-state index contributed by atoms with van der Waals surface area (Å²) in [6, 6.07) is -4.01. The van der Waals surface area contributed by atoms with Gasteiger partial charge in [-0.1, -0.05) is 0 Å². The van der Waals surface area contributed by atoms with E-state index in [1.54, 1.807) is 0 Å². The maximum atomic E-state index is 12.7. The minimum Gasteiger partial charge on any atom is -0.421 e. The first-order valence-corrected chi connectivity index (χ1v) is 3.73. The fraction of sp³-hybridized carbons (Fsp3) is 0. The molecule has 0 aromatic carbocycles. The van der Waals surface area contributed by atoms with Crippen LogP contribution in [0.15, 0.2) is 18.4 Å². The predicted octanol–water partition coefficient (Wildman–Crippen LogP) is 1.30. The van der Waals surface area contributed by atoms with E-state index in [1.165, 1.54) is 0 Å². The zero-order valence-corrected chi connectivity index (χ0v) is 7.14. The van der Waals surface area contributed by atoms with Crippen molar-refractivity contribution in [2.45, 2.75) is 0 Å². The summed E-state index contributed by atoms with van der Waals surface area (Å²) >= 11 is 0. The molecule has 0 amide bonds. The van der Waals surface area contributed by atoms with Gasteiger partial charge in [0.1, 0.15) is 0 Å². The molecular weight excluding hydrogens is 236 g/mol. The van der Waals surface area contributed by atoms with Crippen molar-refractivity contribution >= 4 is 11.2 Å². The van der Waals surface area contributed by atoms with Crippen LogP contribution in [0.4, 0.5) is 17.6 Å². The van der Waals surface area contributed by atoms with Crippen LogP contribution in [0.2, 0.25) is 0 Å². The second-order valence-corrected chi connectivity index (χ2v) is 2.70. The van der Waals surface area contributed by atoms with E-state index in [1.807, 2.05) is 0 Å². The molecule has 2 heterocycles. The Hall–Kier alpha value is -2.12. The van der Waals surface area contributed by atoms with Gasteiger partial charge < -0.3 is 8.83 Å². The zero-order chi connectivity index (χ0) is 12.0. The van der Waals surface area contributed by atoms with Crippen molar-refractivity contribution in [1.29, 1.82) is 0 Å². The van der Waals surface area contributed by atoms with Crippen LogP contribution in [0.5, 0.6) is 0 Å². The molecule has 0 saturated carbocycles. The summed E-state index contributed by atoms with van der Waals surface area (Å²) in [6.07, 6.45) is 0. The maximum absolute atomic E-state index is 12.7. The third-order valence-electron chi connectivity index (χ3n) is 1.75. The highest BCUT2D eigenvalue weighted by Crippen LogP contribution is 2.13. The second kappa shape index (κ2) is 3.19. The summed E-state index contributed by atoms with van der Waals surface area (Å²) in [5.41, 5.74) is -5.89. The van der Waals surface area contributed by atoms with Crippen molar-refractivity contribution in [3.05, 3.63) is 44.1 Å². The molecule has 0 bridgehead atoms. The van der Waals surface area contributed by atoms with Gasteiger partial charge >= 0.3 is 12.0 Å². The van der Waals surface area contributed by atoms with Crippen molar-refractivity contribution in [2.24, 2.45) is 0 Å². The molecule has 0 saturated heterocycles. The van der Waals surface area contributed by atoms with E-state index in [4.69, 9.17) is 0 Å². The lowest BCUT2D eigenvalue weighted by Crippen LogP contribution is -2.17. The van der Waals surface area contributed by atoms with Gasteiger partial charge in [-0.25, -0.2) is 0 Å². The maximum Gasteiger partial charge on any atom is 0.319 e. The molecule has 2 aromatic heterocycles. The van der Waals surface area contributed by atoms with E-state index >= 15 is 0 Å². The number of rotatable bonds is 0. The van der Waals surface area contributed by atoms with Gasteiger partial charge in [-0.15, -0.1) is 0 Å². The summed E-state index contributed by atoms with van der Waals surface area (Å²) < 4.78 is 58.3. The lowest BCUT2D eigenvalue weighted by atomic mass is 10.3. The standard InChI is InChI=1S/C8F4O4/c9-1-3(13)5-6(15-7(1)11)4(14)2(10)8(12)16-5. The van der Waals surface area contributed by atoms with Crippen LogP contribution in [0, 0.1) is 23.7 Å². The number of fused-ring (bicyclic) bond motifs is 1. The predicted molar refractivity (Wildman–Crippen MR) is 40.9 cm³/mol. The molecule has 2 rings (SSSR count). The molecule has 0 N–H and O–H groups in total. The Morgan fingerprint density at radius 2 is 1.00 bits per heavy atom. The molecule has 0 spiro atoms. The van der Waals surface area contributed by atoms with E-state index in [0.29, 0.717) is 0 Å². The van der Waals surface area contributed by atoms with Crippen molar-refractivity contribution in [2.75, 3.05) is 0 Å². The Balaban J connectivity index is 3.16. The molecule has 4 nitrogen and oxygen atoms in total. The first kappa shape index (κ1) is 10.4. The van der Waals surface area contributed by atoms with Crippen LogP contribution in [0.1, 0.15) is 0 Å². The van der Waals surface area contributed by atoms with Gasteiger partial charge in [-0.2, -0.15) is 17.6 Å². The van der Waals surface area contributed by atoms with Crippen LogP contribution in [-0.4, -0.2) is 0 Å². The molecule has 0 aliphatic rings. The first-order chi connectivity index (χ1) is 7.43. The van der Waals surface area contributed by atoms with Gasteiger partial charge in [0, 0.05) is 0 Å². The van der Waals surface area contributed by atoms with Crippen LogP contribution in [-0.2, 0) is 0 Å². The summed E-state index contributed by atoms with van der Waals surface area (Å²) in [4.78, 5) is 21.9. The molecule has 0 aliphatic heterocycles. The molecule has 0 aliphatic carbocycles. The van der Waals surface area contributed by atoms with Crippen LogP contribution in [0.3, 0.4) is 0 Å². The molecule has 8 heteroatoms. The third kappa shape index (κ3) is 1.23. The van der Waals surface area contributed by atoms with Crippen LogP contribution < -0.4 is 10.9 Å². The van der Waals surface area contributed by atoms with Gasteiger partial charge in [-0.05, 0) is 0 Å². The summed E-state index contributed by atoms with van der Waals surface area (Å²) in [6.45, 7) is 0. The molecule has 2 aromatic rings. The molecule has 0 radical (unpaired) electrons. The molecule has 0 atom stereocenters. The summed E-state index contributed by atoms with van der Waals surface area (Å²) in [7, 11) is 0. The summed E-state index contributed by atoms with van der Waals surface area (Å²) in [5, 5.41) is 0. The minimum absolute atomic E-state index is 1.22. The monoisotopic (exact) mass is 236 g/mol. The Morgan fingerprint density at radius 1 is 0.688 bits per heavy atom. The largest absolute Gasteiger partial charge is 0.421 e. The topological polar surface area (TPSA) is 60.4 Å². The first-order valence-electron chi connectivity index (χ1n) is 3.73. The highest BCUT2D eigenvalue weighted by molar-refractivity contribution is 5.68. The smallest absolute Gasteiger partial charge is 0.319 e. The SMILES string of the molecule is O=c1c(F)c(F)oc2c(=O)c(F)c(F)oc12. The number of halogens is 4. The lowest BCUT2D eigenvalue weighted by Gasteiger charge is -1.97. The van der Waals surface area contributed by atoms with Crippen molar-refractivity contribution in [3.8, 4) is 0 Å². The van der Waals surface area contributed by atoms with E-state index in [2.05, 4.69) is 8.83 Å². The van der Waals surface area contributed by atoms with Gasteiger partial charge in [0.05, 0.1) is 0 Å². The van der Waals surface area contributed by atoms with Gasteiger partial charge in [0.2, 0.25) is 22.8 Å². The van der Waals surface area contributed by atoms with Crippen molar-refractivity contribution < 1.29 is 26.4 Å². The lowest BCUT2D eigenvalue weighted by molar-refractivity contribution is 0.290. The molecular formula is C8F4O4. The van der Waals surface area contributed by atoms with E-state index in [0.717, 1.165) is 0 Å². The van der Waals surface area contributed by atoms with Gasteiger partial charge in [-0.3, -0.25) is 9.59 Å². The highest BCUT2D eigenvalue weighted by atomic mass is 19.2. The van der Waals surface area contributed by atoms with E-state index in [9.17, 15) is 27.2 Å². The fourth-order valence-corrected chi connectivity index (χ4v) is 1.04. The average Bonchev–Trinajstić information content (AvgIpc) is 2.25. The van der Waals surface area contributed by atoms with Crippen molar-refractivity contribution in [1.82, 2.24) is 0 Å². The third-order valence-corrected chi connectivity index (χ3v) is 1.75. The molecule has 0 fully saturated rings. The highest BCUT2D eigenvalue weighted by Gasteiger charge is 2.22. The van der Waals surface area contributed by atoms with E-state index < -0.39 is 45.7 Å². The Kier molecular flexibility index (Phi) is 2.07. The van der Waals surface area contributed by atoms with Crippen molar-refractivity contribution in [3.63, 3.8) is 0 Å². The summed E-state index contributed by atoms with van der Waals surface area (Å²) in [5.74, 6) is -3.97. The van der Waals surface area contributed by atoms with Crippen LogP contribution in [0.25, 0.3) is 11.2 Å². The Bertz CT molecular complexity index is 638. The zero-order valence-electron chi connectivity index (χ0n) is 7.14.